The molecule has 0 bridgehead atoms. The number of anilines is 1. The first-order chi connectivity index (χ1) is 9.95. The number of thioether (sulfide) groups is 1. The Labute approximate surface area is 123 Å². The molecule has 0 fully saturated rings. The zero-order valence-electron chi connectivity index (χ0n) is 11.2. The van der Waals surface area contributed by atoms with Crippen molar-refractivity contribution in [3.05, 3.63) is 33.5 Å². The van der Waals surface area contributed by atoms with Crippen LogP contribution in [0, 0.1) is 10.1 Å². The van der Waals surface area contributed by atoms with E-state index in [1.807, 2.05) is 25.2 Å². The summed E-state index contributed by atoms with van der Waals surface area (Å²) in [4.78, 5) is 16.3. The lowest BCUT2D eigenvalue weighted by atomic mass is 10.3. The van der Waals surface area contributed by atoms with Crippen LogP contribution in [0.1, 0.15) is 0 Å². The van der Waals surface area contributed by atoms with Crippen LogP contribution in [-0.4, -0.2) is 33.6 Å². The zero-order chi connectivity index (χ0) is 15.1. The third-order valence-corrected chi connectivity index (χ3v) is 3.56. The molecule has 0 amide bonds. The molecule has 0 aliphatic carbocycles. The first-order valence-corrected chi connectivity index (χ1v) is 6.73. The van der Waals surface area contributed by atoms with Crippen LogP contribution in [0.5, 0.6) is 0 Å². The number of aromatic nitrogens is 2. The van der Waals surface area contributed by atoms with Gasteiger partial charge in [-0.25, -0.2) is 9.66 Å². The van der Waals surface area contributed by atoms with Crippen molar-refractivity contribution in [2.45, 2.75) is 5.16 Å². The maximum Gasteiger partial charge on any atom is 0.433 e. The van der Waals surface area contributed by atoms with Crippen LogP contribution in [0.4, 0.5) is 11.7 Å². The minimum atomic E-state index is -0.603. The Hall–Kier alpha value is -2.62. The number of furan rings is 1. The Bertz CT molecular complexity index is 747. The summed E-state index contributed by atoms with van der Waals surface area (Å²) in [7, 11) is 3.82. The quantitative estimate of drug-likeness (QED) is 0.649. The second-order valence-electron chi connectivity index (χ2n) is 4.53. The Morgan fingerprint density at radius 2 is 2.33 bits per heavy atom. The van der Waals surface area contributed by atoms with Gasteiger partial charge in [0.1, 0.15) is 9.95 Å². The molecule has 0 aromatic carbocycles. The summed E-state index contributed by atoms with van der Waals surface area (Å²) in [6.45, 7) is 0. The molecule has 3 heterocycles. The molecule has 1 aliphatic heterocycles. The van der Waals surface area contributed by atoms with Crippen molar-refractivity contribution in [1.82, 2.24) is 14.6 Å². The number of nitrogens with two attached hydrogens (primary N) is 1. The summed E-state index contributed by atoms with van der Waals surface area (Å²) in [6.07, 6.45) is 1.90. The number of nitro groups is 1. The average molecular weight is 308 g/mol. The van der Waals surface area contributed by atoms with Crippen molar-refractivity contribution in [3.63, 3.8) is 0 Å². The van der Waals surface area contributed by atoms with E-state index in [0.717, 1.165) is 5.03 Å². The monoisotopic (exact) mass is 308 g/mol. The van der Waals surface area contributed by atoms with Crippen LogP contribution >= 0.6 is 11.8 Å². The number of nitrogen functional groups attached to an aromatic ring is 1. The molecule has 0 spiro atoms. The minimum Gasteiger partial charge on any atom is -0.399 e. The molecule has 3 rings (SSSR count). The van der Waals surface area contributed by atoms with E-state index in [2.05, 4.69) is 10.4 Å². The van der Waals surface area contributed by atoms with E-state index in [4.69, 9.17) is 10.2 Å². The van der Waals surface area contributed by atoms with Crippen molar-refractivity contribution in [2.75, 3.05) is 25.3 Å². The molecule has 1 aliphatic rings. The van der Waals surface area contributed by atoms with Crippen LogP contribution in [0.25, 0.3) is 11.5 Å². The van der Waals surface area contributed by atoms with Gasteiger partial charge in [-0.1, -0.05) is 0 Å². The number of rotatable bonds is 3. The van der Waals surface area contributed by atoms with Crippen molar-refractivity contribution in [3.8, 4) is 11.5 Å². The molecule has 0 saturated carbocycles. The van der Waals surface area contributed by atoms with Gasteiger partial charge in [0.05, 0.1) is 6.07 Å². The van der Waals surface area contributed by atoms with Gasteiger partial charge in [-0.05, 0) is 17.8 Å². The number of hydrogen-bond acceptors (Lipinski definition) is 8. The largest absolute Gasteiger partial charge is 0.433 e. The standard InChI is InChI=1S/C11H12N6O3S/c1-15(2)5-7-14-16-10(12)9(13-11(16)21-7)6-3-4-8(20-6)17(18)19/h3-5,14H,12H2,1-2H3. The van der Waals surface area contributed by atoms with Crippen molar-refractivity contribution < 1.29 is 9.34 Å². The predicted molar refractivity (Wildman–Crippen MR) is 78.0 cm³/mol. The molecule has 110 valence electrons. The van der Waals surface area contributed by atoms with Crippen molar-refractivity contribution in [2.24, 2.45) is 0 Å². The van der Waals surface area contributed by atoms with Crippen LogP contribution in [0.2, 0.25) is 0 Å². The van der Waals surface area contributed by atoms with Gasteiger partial charge in [-0.15, -0.1) is 0 Å². The van der Waals surface area contributed by atoms with Gasteiger partial charge in [0, 0.05) is 20.3 Å². The minimum absolute atomic E-state index is 0.265. The van der Waals surface area contributed by atoms with E-state index in [-0.39, 0.29) is 11.6 Å². The highest BCUT2D eigenvalue weighted by atomic mass is 32.2. The summed E-state index contributed by atoms with van der Waals surface area (Å²) >= 11 is 1.41. The van der Waals surface area contributed by atoms with Crippen LogP contribution in [0.3, 0.4) is 0 Å². The van der Waals surface area contributed by atoms with Crippen LogP contribution in [-0.2, 0) is 0 Å². The number of fused-ring (bicyclic) bond motifs is 1. The third kappa shape index (κ3) is 2.29. The lowest BCUT2D eigenvalue weighted by Gasteiger charge is -2.07. The number of nitrogens with zero attached hydrogens (tertiary/aromatic N) is 4. The Balaban J connectivity index is 1.93. The maximum atomic E-state index is 10.6. The summed E-state index contributed by atoms with van der Waals surface area (Å²) in [5.41, 5.74) is 9.49. The zero-order valence-corrected chi connectivity index (χ0v) is 12.0. The topological polar surface area (TPSA) is 115 Å². The summed E-state index contributed by atoms with van der Waals surface area (Å²) in [6, 6.07) is 2.75. The second kappa shape index (κ2) is 4.74. The first-order valence-electron chi connectivity index (χ1n) is 5.91. The normalized spacial score (nSPS) is 15.0. The van der Waals surface area contributed by atoms with E-state index >= 15 is 0 Å². The SMILES string of the molecule is CN(C)C=C1Nn2c(nc(-c3ccc([N+](=O)[O-])o3)c2N)S1. The molecule has 2 aromatic rings. The predicted octanol–water partition coefficient (Wildman–Crippen LogP) is 1.64. The Morgan fingerprint density at radius 3 is 2.90 bits per heavy atom. The molecule has 0 saturated heterocycles. The fourth-order valence-corrected chi connectivity index (χ4v) is 2.81. The van der Waals surface area contributed by atoms with Gasteiger partial charge in [-0.2, -0.15) is 0 Å². The Kier molecular flexibility index (Phi) is 3.01. The molecule has 21 heavy (non-hydrogen) atoms. The molecule has 2 aromatic heterocycles. The highest BCUT2D eigenvalue weighted by molar-refractivity contribution is 8.03. The smallest absolute Gasteiger partial charge is 0.399 e. The molecule has 3 N–H and O–H groups in total. The van der Waals surface area contributed by atoms with Gasteiger partial charge >= 0.3 is 5.88 Å². The van der Waals surface area contributed by atoms with Gasteiger partial charge in [0.25, 0.3) is 0 Å². The fourth-order valence-electron chi connectivity index (χ4n) is 1.84. The van der Waals surface area contributed by atoms with E-state index in [0.29, 0.717) is 16.7 Å². The lowest BCUT2D eigenvalue weighted by Crippen LogP contribution is -2.12. The highest BCUT2D eigenvalue weighted by Crippen LogP contribution is 2.38. The van der Waals surface area contributed by atoms with Gasteiger partial charge in [0.15, 0.2) is 22.4 Å². The third-order valence-electron chi connectivity index (χ3n) is 2.69. The van der Waals surface area contributed by atoms with E-state index in [9.17, 15) is 10.1 Å². The van der Waals surface area contributed by atoms with Gasteiger partial charge in [0.2, 0.25) is 0 Å². The van der Waals surface area contributed by atoms with Crippen molar-refractivity contribution >= 4 is 23.5 Å². The van der Waals surface area contributed by atoms with Crippen molar-refractivity contribution in [1.29, 1.82) is 0 Å². The molecule has 0 unspecified atom stereocenters. The number of hydrogen-bond donors (Lipinski definition) is 2. The summed E-state index contributed by atoms with van der Waals surface area (Å²) in [5, 5.41) is 12.2. The molecule has 0 atom stereocenters. The Morgan fingerprint density at radius 1 is 1.57 bits per heavy atom. The van der Waals surface area contributed by atoms with E-state index < -0.39 is 4.92 Å². The molecular formula is C11H12N6O3S. The number of imidazole rings is 1. The van der Waals surface area contributed by atoms with Crippen LogP contribution in [0.15, 0.2) is 32.9 Å². The molecule has 0 radical (unpaired) electrons. The molecule has 9 nitrogen and oxygen atoms in total. The molecular weight excluding hydrogens is 296 g/mol. The van der Waals surface area contributed by atoms with E-state index in [1.165, 1.54) is 23.9 Å². The van der Waals surface area contributed by atoms with Gasteiger partial charge < -0.3 is 15.1 Å². The maximum absolute atomic E-state index is 10.6. The number of nitrogens with one attached hydrogen (secondary N) is 1. The highest BCUT2D eigenvalue weighted by Gasteiger charge is 2.26. The average Bonchev–Trinajstić information content (AvgIpc) is 3.05. The summed E-state index contributed by atoms with van der Waals surface area (Å²) in [5.74, 6) is 0.261. The molecule has 10 heteroatoms. The second-order valence-corrected chi connectivity index (χ2v) is 5.54. The van der Waals surface area contributed by atoms with Crippen LogP contribution < -0.4 is 11.2 Å². The van der Waals surface area contributed by atoms with E-state index in [1.54, 1.807) is 4.68 Å². The van der Waals surface area contributed by atoms with Gasteiger partial charge in [-0.3, -0.25) is 15.5 Å². The first kappa shape index (κ1) is 13.4. The fraction of sp³-hybridized carbons (Fsp3) is 0.182. The lowest BCUT2D eigenvalue weighted by molar-refractivity contribution is -0.401. The summed E-state index contributed by atoms with van der Waals surface area (Å²) < 4.78 is 6.74.